The van der Waals surface area contributed by atoms with Crippen molar-refractivity contribution >= 4 is 21.8 Å². The second kappa shape index (κ2) is 7.67. The van der Waals surface area contributed by atoms with E-state index in [-0.39, 0.29) is 0 Å². The number of fused-ring (bicyclic) bond motifs is 2. The van der Waals surface area contributed by atoms with Gasteiger partial charge in [0.1, 0.15) is 0 Å². The van der Waals surface area contributed by atoms with Gasteiger partial charge in [-0.25, -0.2) is 9.97 Å². The molecule has 4 nitrogen and oxygen atoms in total. The van der Waals surface area contributed by atoms with E-state index < -0.39 is 0 Å². The maximum absolute atomic E-state index is 4.79. The molecule has 6 aromatic rings. The Balaban J connectivity index is 1.36. The maximum Gasteiger partial charge on any atom is 0.0893 e. The standard InChI is InChI=1S/C28H18N4/c1-3-15-29-25(5-1)27-13-9-21-17-19(7-11-23(21)31-27)20-8-12-24-22(18-20)10-14-28(32-24)26-6-2-4-16-30-26/h1-18H. The minimum Gasteiger partial charge on any atom is -0.255 e. The van der Waals surface area contributed by atoms with Crippen LogP contribution in [0, 0.1) is 0 Å². The van der Waals surface area contributed by atoms with Gasteiger partial charge in [0, 0.05) is 23.2 Å². The largest absolute Gasteiger partial charge is 0.255 e. The molecular weight excluding hydrogens is 392 g/mol. The van der Waals surface area contributed by atoms with Gasteiger partial charge in [0.15, 0.2) is 0 Å². The highest BCUT2D eigenvalue weighted by Gasteiger charge is 2.07. The molecule has 0 fully saturated rings. The Bertz CT molecular complexity index is 1440. The fourth-order valence-corrected chi connectivity index (χ4v) is 3.92. The Hall–Kier alpha value is -4.44. The van der Waals surface area contributed by atoms with Crippen LogP contribution in [-0.4, -0.2) is 19.9 Å². The highest BCUT2D eigenvalue weighted by molar-refractivity contribution is 5.90. The highest BCUT2D eigenvalue weighted by Crippen LogP contribution is 2.28. The third-order valence-corrected chi connectivity index (χ3v) is 5.57. The molecule has 0 amide bonds. The summed E-state index contributed by atoms with van der Waals surface area (Å²) in [6.45, 7) is 0. The van der Waals surface area contributed by atoms with Crippen molar-refractivity contribution in [3.8, 4) is 33.9 Å². The molecule has 0 radical (unpaired) electrons. The fourth-order valence-electron chi connectivity index (χ4n) is 3.92. The minimum atomic E-state index is 0.880. The first kappa shape index (κ1) is 18.3. The first-order chi connectivity index (χ1) is 15.8. The second-order valence-electron chi connectivity index (χ2n) is 7.64. The number of hydrogen-bond acceptors (Lipinski definition) is 4. The average molecular weight is 410 g/mol. The number of nitrogens with zero attached hydrogens (tertiary/aromatic N) is 4. The molecule has 0 N–H and O–H groups in total. The molecule has 0 unspecified atom stereocenters. The van der Waals surface area contributed by atoms with Crippen LogP contribution in [0.15, 0.2) is 109 Å². The topological polar surface area (TPSA) is 51.6 Å². The van der Waals surface area contributed by atoms with Crippen LogP contribution >= 0.6 is 0 Å². The van der Waals surface area contributed by atoms with Gasteiger partial charge < -0.3 is 0 Å². The van der Waals surface area contributed by atoms with Crippen molar-refractivity contribution in [3.63, 3.8) is 0 Å². The first-order valence-electron chi connectivity index (χ1n) is 10.5. The summed E-state index contributed by atoms with van der Waals surface area (Å²) in [5, 5.41) is 2.21. The normalized spacial score (nSPS) is 11.1. The molecule has 0 spiro atoms. The summed E-state index contributed by atoms with van der Waals surface area (Å²) in [5.74, 6) is 0. The summed E-state index contributed by atoms with van der Waals surface area (Å²) >= 11 is 0. The van der Waals surface area contributed by atoms with E-state index in [4.69, 9.17) is 9.97 Å². The van der Waals surface area contributed by atoms with Crippen LogP contribution in [0.4, 0.5) is 0 Å². The minimum absolute atomic E-state index is 0.880. The molecule has 0 aliphatic rings. The molecule has 0 aliphatic heterocycles. The molecule has 0 aliphatic carbocycles. The molecule has 150 valence electrons. The van der Waals surface area contributed by atoms with Gasteiger partial charge in [-0.3, -0.25) is 9.97 Å². The van der Waals surface area contributed by atoms with E-state index in [1.807, 2.05) is 48.5 Å². The fraction of sp³-hybridized carbons (Fsp3) is 0. The van der Waals surface area contributed by atoms with E-state index >= 15 is 0 Å². The van der Waals surface area contributed by atoms with Crippen molar-refractivity contribution in [3.05, 3.63) is 109 Å². The first-order valence-corrected chi connectivity index (χ1v) is 10.5. The Morgan fingerprint density at radius 3 is 1.34 bits per heavy atom. The Morgan fingerprint density at radius 1 is 0.406 bits per heavy atom. The van der Waals surface area contributed by atoms with Crippen LogP contribution in [0.5, 0.6) is 0 Å². The average Bonchev–Trinajstić information content (AvgIpc) is 2.88. The van der Waals surface area contributed by atoms with Gasteiger partial charge >= 0.3 is 0 Å². The molecule has 4 heterocycles. The molecule has 0 saturated heterocycles. The molecule has 4 heteroatoms. The van der Waals surface area contributed by atoms with E-state index in [9.17, 15) is 0 Å². The van der Waals surface area contributed by atoms with Crippen LogP contribution < -0.4 is 0 Å². The van der Waals surface area contributed by atoms with Gasteiger partial charge in [0.05, 0.1) is 33.8 Å². The zero-order valence-corrected chi connectivity index (χ0v) is 17.2. The summed E-state index contributed by atoms with van der Waals surface area (Å²) in [4.78, 5) is 18.4. The highest BCUT2D eigenvalue weighted by atomic mass is 14.8. The van der Waals surface area contributed by atoms with Crippen molar-refractivity contribution in [1.82, 2.24) is 19.9 Å². The Labute approximate surface area is 185 Å². The number of benzene rings is 2. The Kier molecular flexibility index (Phi) is 4.40. The van der Waals surface area contributed by atoms with Gasteiger partial charge in [-0.1, -0.05) is 36.4 Å². The molecule has 4 aromatic heterocycles. The predicted octanol–water partition coefficient (Wildman–Crippen LogP) is 6.57. The van der Waals surface area contributed by atoms with Gasteiger partial charge in [0.25, 0.3) is 0 Å². The van der Waals surface area contributed by atoms with E-state index in [2.05, 4.69) is 58.5 Å². The summed E-state index contributed by atoms with van der Waals surface area (Å²) in [7, 11) is 0. The molecular formula is C28H18N4. The summed E-state index contributed by atoms with van der Waals surface area (Å²) < 4.78 is 0. The summed E-state index contributed by atoms with van der Waals surface area (Å²) in [6, 6.07) is 32.8. The molecule has 2 aromatic carbocycles. The lowest BCUT2D eigenvalue weighted by atomic mass is 10.0. The van der Waals surface area contributed by atoms with Gasteiger partial charge in [-0.05, 0) is 71.8 Å². The van der Waals surface area contributed by atoms with Gasteiger partial charge in [-0.15, -0.1) is 0 Å². The van der Waals surface area contributed by atoms with Gasteiger partial charge in [-0.2, -0.15) is 0 Å². The molecule has 0 atom stereocenters. The van der Waals surface area contributed by atoms with Gasteiger partial charge in [0.2, 0.25) is 0 Å². The molecule has 6 rings (SSSR count). The zero-order valence-electron chi connectivity index (χ0n) is 17.2. The van der Waals surface area contributed by atoms with Crippen molar-refractivity contribution in [2.75, 3.05) is 0 Å². The summed E-state index contributed by atoms with van der Waals surface area (Å²) in [6.07, 6.45) is 3.58. The molecule has 0 saturated carbocycles. The van der Waals surface area contributed by atoms with Crippen molar-refractivity contribution in [2.45, 2.75) is 0 Å². The molecule has 0 bridgehead atoms. The van der Waals surface area contributed by atoms with Crippen LogP contribution in [-0.2, 0) is 0 Å². The van der Waals surface area contributed by atoms with E-state index in [0.717, 1.165) is 55.7 Å². The van der Waals surface area contributed by atoms with Crippen LogP contribution in [0.25, 0.3) is 55.7 Å². The van der Waals surface area contributed by atoms with Crippen molar-refractivity contribution in [1.29, 1.82) is 0 Å². The summed E-state index contributed by atoms with van der Waals surface area (Å²) in [5.41, 5.74) is 7.74. The lowest BCUT2D eigenvalue weighted by Crippen LogP contribution is -1.89. The third kappa shape index (κ3) is 3.38. The number of rotatable bonds is 3. The van der Waals surface area contributed by atoms with Crippen LogP contribution in [0.3, 0.4) is 0 Å². The maximum atomic E-state index is 4.79. The lowest BCUT2D eigenvalue weighted by Gasteiger charge is -2.08. The lowest BCUT2D eigenvalue weighted by molar-refractivity contribution is 1.28. The van der Waals surface area contributed by atoms with Crippen molar-refractivity contribution in [2.24, 2.45) is 0 Å². The number of hydrogen-bond donors (Lipinski definition) is 0. The Morgan fingerprint density at radius 2 is 0.906 bits per heavy atom. The van der Waals surface area contributed by atoms with Crippen molar-refractivity contribution < 1.29 is 0 Å². The molecule has 32 heavy (non-hydrogen) atoms. The SMILES string of the molecule is c1ccc(-c2ccc3cc(-c4ccc5nc(-c6ccccn6)ccc5c4)ccc3n2)nc1. The van der Waals surface area contributed by atoms with E-state index in [0.29, 0.717) is 0 Å². The zero-order chi connectivity index (χ0) is 21.3. The third-order valence-electron chi connectivity index (χ3n) is 5.57. The van der Waals surface area contributed by atoms with E-state index in [1.54, 1.807) is 12.4 Å². The quantitative estimate of drug-likeness (QED) is 0.331. The number of pyridine rings is 4. The van der Waals surface area contributed by atoms with Crippen LogP contribution in [0.1, 0.15) is 0 Å². The monoisotopic (exact) mass is 410 g/mol. The number of aromatic nitrogens is 4. The second-order valence-corrected chi connectivity index (χ2v) is 7.64. The van der Waals surface area contributed by atoms with E-state index in [1.165, 1.54) is 0 Å². The van der Waals surface area contributed by atoms with Crippen LogP contribution in [0.2, 0.25) is 0 Å². The predicted molar refractivity (Wildman–Crippen MR) is 129 cm³/mol. The smallest absolute Gasteiger partial charge is 0.0893 e.